The number of rotatable bonds is 4. The fraction of sp³-hybridized carbons (Fsp3) is 0.278. The number of hydrogen-bond donors (Lipinski definition) is 1. The number of carbonyl (C=O) groups excluding carboxylic acids is 1. The van der Waals surface area contributed by atoms with E-state index in [9.17, 15) is 22.0 Å². The van der Waals surface area contributed by atoms with E-state index in [4.69, 9.17) is 11.6 Å². The van der Waals surface area contributed by atoms with Crippen molar-refractivity contribution in [3.63, 3.8) is 0 Å². The quantitative estimate of drug-likeness (QED) is 0.827. The zero-order chi connectivity index (χ0) is 19.6. The number of benzene rings is 2. The van der Waals surface area contributed by atoms with Crippen molar-refractivity contribution in [2.45, 2.75) is 30.2 Å². The number of amides is 1. The summed E-state index contributed by atoms with van der Waals surface area (Å²) in [6.45, 7) is 0.183. The Morgan fingerprint density at radius 3 is 2.48 bits per heavy atom. The molecule has 1 heterocycles. The average Bonchev–Trinajstić information content (AvgIpc) is 2.65. The van der Waals surface area contributed by atoms with Gasteiger partial charge in [0.05, 0.1) is 9.92 Å². The topological polar surface area (TPSA) is 66.5 Å². The molecule has 0 unspecified atom stereocenters. The van der Waals surface area contributed by atoms with E-state index in [1.807, 2.05) is 0 Å². The zero-order valence-electron chi connectivity index (χ0n) is 14.2. The van der Waals surface area contributed by atoms with E-state index >= 15 is 0 Å². The number of carbonyl (C=O) groups is 1. The molecule has 0 radical (unpaired) electrons. The molecule has 2 aromatic rings. The molecule has 1 atom stereocenters. The van der Waals surface area contributed by atoms with Gasteiger partial charge in [0.2, 0.25) is 15.9 Å². The van der Waals surface area contributed by atoms with Crippen LogP contribution in [-0.4, -0.2) is 31.2 Å². The van der Waals surface area contributed by atoms with Crippen molar-refractivity contribution in [1.82, 2.24) is 4.31 Å². The Balaban J connectivity index is 1.85. The smallest absolute Gasteiger partial charge is 0.243 e. The van der Waals surface area contributed by atoms with Gasteiger partial charge in [0.1, 0.15) is 17.7 Å². The molecule has 144 valence electrons. The van der Waals surface area contributed by atoms with Crippen molar-refractivity contribution in [3.05, 3.63) is 59.1 Å². The molecule has 0 aliphatic carbocycles. The first kappa shape index (κ1) is 19.7. The number of piperidine rings is 1. The summed E-state index contributed by atoms with van der Waals surface area (Å²) in [5.74, 6) is -1.69. The largest absolute Gasteiger partial charge is 0.325 e. The molecule has 0 spiro atoms. The Bertz CT molecular complexity index is 952. The number of halogens is 3. The Morgan fingerprint density at radius 1 is 1.11 bits per heavy atom. The second kappa shape index (κ2) is 7.92. The number of nitrogens with zero attached hydrogens (tertiary/aromatic N) is 1. The van der Waals surface area contributed by atoms with E-state index < -0.39 is 33.6 Å². The van der Waals surface area contributed by atoms with Crippen molar-refractivity contribution in [1.29, 1.82) is 0 Å². The normalized spacial score (nSPS) is 18.3. The van der Waals surface area contributed by atoms with Gasteiger partial charge in [0, 0.05) is 12.2 Å². The van der Waals surface area contributed by atoms with Crippen LogP contribution in [0, 0.1) is 11.6 Å². The van der Waals surface area contributed by atoms with Crippen LogP contribution in [0.3, 0.4) is 0 Å². The van der Waals surface area contributed by atoms with Crippen LogP contribution in [0.1, 0.15) is 19.3 Å². The molecule has 2 aromatic carbocycles. The molecule has 27 heavy (non-hydrogen) atoms. The molecule has 1 aliphatic rings. The lowest BCUT2D eigenvalue weighted by atomic mass is 10.0. The number of hydrogen-bond acceptors (Lipinski definition) is 3. The molecule has 0 saturated carbocycles. The van der Waals surface area contributed by atoms with Gasteiger partial charge in [-0.05, 0) is 55.3 Å². The number of anilines is 1. The van der Waals surface area contributed by atoms with Crippen LogP contribution in [0.4, 0.5) is 14.5 Å². The maximum atomic E-state index is 13.3. The minimum atomic E-state index is -3.96. The number of nitrogens with one attached hydrogen (secondary N) is 1. The lowest BCUT2D eigenvalue weighted by Crippen LogP contribution is -2.49. The Morgan fingerprint density at radius 2 is 1.81 bits per heavy atom. The first-order chi connectivity index (χ1) is 12.8. The van der Waals surface area contributed by atoms with Gasteiger partial charge in [-0.1, -0.05) is 18.0 Å². The third-order valence-corrected chi connectivity index (χ3v) is 6.58. The van der Waals surface area contributed by atoms with Gasteiger partial charge in [0.25, 0.3) is 0 Å². The molecule has 1 amide bonds. The first-order valence-electron chi connectivity index (χ1n) is 8.32. The summed E-state index contributed by atoms with van der Waals surface area (Å²) in [4.78, 5) is 12.6. The van der Waals surface area contributed by atoms with Crippen LogP contribution in [0.25, 0.3) is 0 Å². The average molecular weight is 415 g/mol. The Kier molecular flexibility index (Phi) is 5.78. The lowest BCUT2D eigenvalue weighted by molar-refractivity contribution is -0.120. The van der Waals surface area contributed by atoms with Gasteiger partial charge < -0.3 is 5.32 Å². The summed E-state index contributed by atoms with van der Waals surface area (Å²) in [5, 5.41) is 2.44. The monoisotopic (exact) mass is 414 g/mol. The third kappa shape index (κ3) is 4.28. The number of sulfonamides is 1. The second-order valence-corrected chi connectivity index (χ2v) is 8.50. The summed E-state index contributed by atoms with van der Waals surface area (Å²) in [5.41, 5.74) is 0.274. The highest BCUT2D eigenvalue weighted by atomic mass is 35.5. The van der Waals surface area contributed by atoms with Crippen LogP contribution in [0.5, 0.6) is 0 Å². The predicted octanol–water partition coefficient (Wildman–Crippen LogP) is 3.80. The minimum Gasteiger partial charge on any atom is -0.325 e. The maximum absolute atomic E-state index is 13.3. The van der Waals surface area contributed by atoms with Crippen LogP contribution in [-0.2, 0) is 14.8 Å². The summed E-state index contributed by atoms with van der Waals surface area (Å²) < 4.78 is 53.3. The molecule has 1 N–H and O–H groups in total. The van der Waals surface area contributed by atoms with E-state index in [0.29, 0.717) is 19.3 Å². The highest BCUT2D eigenvalue weighted by Gasteiger charge is 2.37. The molecular weight excluding hydrogens is 398 g/mol. The summed E-state index contributed by atoms with van der Waals surface area (Å²) in [6.07, 6.45) is 1.66. The van der Waals surface area contributed by atoms with E-state index in [2.05, 4.69) is 5.32 Å². The van der Waals surface area contributed by atoms with Crippen LogP contribution in [0.15, 0.2) is 47.4 Å². The van der Waals surface area contributed by atoms with Crippen molar-refractivity contribution < 1.29 is 22.0 Å². The molecule has 5 nitrogen and oxygen atoms in total. The van der Waals surface area contributed by atoms with Gasteiger partial charge in [0.15, 0.2) is 0 Å². The van der Waals surface area contributed by atoms with Crippen molar-refractivity contribution in [3.8, 4) is 0 Å². The predicted molar refractivity (Wildman–Crippen MR) is 98.0 cm³/mol. The summed E-state index contributed by atoms with van der Waals surface area (Å²) in [7, 11) is -3.96. The van der Waals surface area contributed by atoms with Crippen molar-refractivity contribution in [2.75, 3.05) is 11.9 Å². The summed E-state index contributed by atoms with van der Waals surface area (Å²) >= 11 is 5.71. The molecule has 9 heteroatoms. The lowest BCUT2D eigenvalue weighted by Gasteiger charge is -2.33. The van der Waals surface area contributed by atoms with Crippen LogP contribution < -0.4 is 5.32 Å². The van der Waals surface area contributed by atoms with Crippen molar-refractivity contribution >= 4 is 33.2 Å². The van der Waals surface area contributed by atoms with Crippen LogP contribution in [0.2, 0.25) is 5.02 Å². The van der Waals surface area contributed by atoms with Gasteiger partial charge in [-0.25, -0.2) is 17.2 Å². The van der Waals surface area contributed by atoms with E-state index in [0.717, 1.165) is 22.5 Å². The molecule has 3 rings (SSSR count). The second-order valence-electron chi connectivity index (χ2n) is 6.20. The molecule has 1 aliphatic heterocycles. The van der Waals surface area contributed by atoms with E-state index in [1.165, 1.54) is 24.3 Å². The SMILES string of the molecule is O=C(Nc1ccc(F)c(Cl)c1)[C@H]1CCCCN1S(=O)(=O)c1ccc(F)cc1. The van der Waals surface area contributed by atoms with Gasteiger partial charge in [-0.2, -0.15) is 4.31 Å². The van der Waals surface area contributed by atoms with Gasteiger partial charge >= 0.3 is 0 Å². The highest BCUT2D eigenvalue weighted by molar-refractivity contribution is 7.89. The van der Waals surface area contributed by atoms with Crippen LogP contribution >= 0.6 is 11.6 Å². The third-order valence-electron chi connectivity index (χ3n) is 4.36. The first-order valence-corrected chi connectivity index (χ1v) is 10.1. The van der Waals surface area contributed by atoms with E-state index in [-0.39, 0.29) is 22.2 Å². The maximum Gasteiger partial charge on any atom is 0.243 e. The Labute approximate surface area is 161 Å². The Hall–Kier alpha value is -2.03. The molecule has 1 fully saturated rings. The fourth-order valence-electron chi connectivity index (χ4n) is 3.00. The van der Waals surface area contributed by atoms with E-state index in [1.54, 1.807) is 0 Å². The van der Waals surface area contributed by atoms with Gasteiger partial charge in [-0.15, -0.1) is 0 Å². The standard InChI is InChI=1S/C18H17ClF2N2O3S/c19-15-11-13(6-9-16(15)21)22-18(24)17-3-1-2-10-23(17)27(25,26)14-7-4-12(20)5-8-14/h4-9,11,17H,1-3,10H2,(H,22,24)/t17-/m1/s1. The molecule has 0 aromatic heterocycles. The summed E-state index contributed by atoms with van der Waals surface area (Å²) in [6, 6.07) is 7.28. The molecule has 0 bridgehead atoms. The highest BCUT2D eigenvalue weighted by Crippen LogP contribution is 2.27. The molecular formula is C18H17ClF2N2O3S. The van der Waals surface area contributed by atoms with Crippen molar-refractivity contribution in [2.24, 2.45) is 0 Å². The fourth-order valence-corrected chi connectivity index (χ4v) is 4.83. The minimum absolute atomic E-state index is 0.0755. The molecule has 1 saturated heterocycles. The van der Waals surface area contributed by atoms with Gasteiger partial charge in [-0.3, -0.25) is 4.79 Å². The zero-order valence-corrected chi connectivity index (χ0v) is 15.7.